The van der Waals surface area contributed by atoms with Gasteiger partial charge in [-0.25, -0.2) is 13.4 Å². The van der Waals surface area contributed by atoms with Crippen LogP contribution in [-0.2, 0) is 14.8 Å². The largest absolute Gasteiger partial charge is 0.324 e. The second-order valence-electron chi connectivity index (χ2n) is 7.37. The average molecular weight is 468 g/mol. The third-order valence-electron chi connectivity index (χ3n) is 5.27. The van der Waals surface area contributed by atoms with E-state index < -0.39 is 15.3 Å². The van der Waals surface area contributed by atoms with E-state index in [-0.39, 0.29) is 16.8 Å². The van der Waals surface area contributed by atoms with Crippen LogP contribution in [0, 0.1) is 0 Å². The van der Waals surface area contributed by atoms with Crippen molar-refractivity contribution in [2.75, 3.05) is 12.4 Å². The van der Waals surface area contributed by atoms with E-state index in [1.807, 2.05) is 0 Å². The van der Waals surface area contributed by atoms with Crippen molar-refractivity contribution >= 4 is 45.0 Å². The molecule has 1 N–H and O–H groups in total. The zero-order valence-corrected chi connectivity index (χ0v) is 19.4. The maximum atomic E-state index is 12.9. The van der Waals surface area contributed by atoms with Crippen LogP contribution in [-0.4, -0.2) is 42.0 Å². The molecule has 0 aliphatic heterocycles. The second-order valence-corrected chi connectivity index (χ2v) is 11.1. The standard InChI is InChI=1S/C21H26ClN3O3S2/c1-15(21(26)24-19-11-7-6-10-18(19)22)29-20-13-12-17(14-23-20)30(27,28)25(2)16-8-4-3-5-9-16/h6-7,10-16H,3-5,8-9H2,1-2H3,(H,24,26). The molecule has 30 heavy (non-hydrogen) atoms. The molecular weight excluding hydrogens is 442 g/mol. The quantitative estimate of drug-likeness (QED) is 0.591. The second kappa shape index (κ2) is 10.1. The highest BCUT2D eigenvalue weighted by Gasteiger charge is 2.29. The molecule has 1 unspecified atom stereocenters. The lowest BCUT2D eigenvalue weighted by atomic mass is 9.96. The summed E-state index contributed by atoms with van der Waals surface area (Å²) < 4.78 is 27.3. The minimum atomic E-state index is -3.58. The summed E-state index contributed by atoms with van der Waals surface area (Å²) in [4.78, 5) is 16.9. The van der Waals surface area contributed by atoms with Gasteiger partial charge in [-0.3, -0.25) is 4.79 Å². The highest BCUT2D eigenvalue weighted by Crippen LogP contribution is 2.28. The highest BCUT2D eigenvalue weighted by atomic mass is 35.5. The zero-order chi connectivity index (χ0) is 21.7. The summed E-state index contributed by atoms with van der Waals surface area (Å²) in [6.45, 7) is 1.76. The molecule has 0 bridgehead atoms. The Morgan fingerprint density at radius 2 is 1.90 bits per heavy atom. The van der Waals surface area contributed by atoms with E-state index in [1.165, 1.54) is 28.7 Å². The molecule has 1 aromatic carbocycles. The van der Waals surface area contributed by atoms with E-state index in [2.05, 4.69) is 10.3 Å². The summed E-state index contributed by atoms with van der Waals surface area (Å²) >= 11 is 7.34. The van der Waals surface area contributed by atoms with Crippen molar-refractivity contribution in [3.63, 3.8) is 0 Å². The molecule has 6 nitrogen and oxygen atoms in total. The first-order valence-electron chi connectivity index (χ1n) is 9.95. The molecule has 0 spiro atoms. The number of sulfonamides is 1. The number of hydrogen-bond acceptors (Lipinski definition) is 5. The fraction of sp³-hybridized carbons (Fsp3) is 0.429. The van der Waals surface area contributed by atoms with Crippen molar-refractivity contribution in [3.8, 4) is 0 Å². The van der Waals surface area contributed by atoms with Gasteiger partial charge in [0.2, 0.25) is 15.9 Å². The Bertz CT molecular complexity index is 977. The predicted octanol–water partition coefficient (Wildman–Crippen LogP) is 4.81. The van der Waals surface area contributed by atoms with Crippen molar-refractivity contribution < 1.29 is 13.2 Å². The summed E-state index contributed by atoms with van der Waals surface area (Å²) in [5, 5.41) is 3.42. The van der Waals surface area contributed by atoms with Crippen LogP contribution in [0.3, 0.4) is 0 Å². The van der Waals surface area contributed by atoms with Crippen LogP contribution in [0.4, 0.5) is 5.69 Å². The predicted molar refractivity (Wildman–Crippen MR) is 121 cm³/mol. The van der Waals surface area contributed by atoms with Gasteiger partial charge in [-0.1, -0.05) is 54.8 Å². The molecule has 162 valence electrons. The fourth-order valence-corrected chi connectivity index (χ4v) is 5.76. The number of para-hydroxylation sites is 1. The topological polar surface area (TPSA) is 79.4 Å². The van der Waals surface area contributed by atoms with E-state index in [9.17, 15) is 13.2 Å². The molecule has 0 saturated heterocycles. The lowest BCUT2D eigenvalue weighted by Gasteiger charge is -2.30. The Labute approximate surface area is 187 Å². The van der Waals surface area contributed by atoms with Crippen LogP contribution in [0.2, 0.25) is 5.02 Å². The summed E-state index contributed by atoms with van der Waals surface area (Å²) in [5.74, 6) is -0.205. The molecule has 1 amide bonds. The first-order valence-corrected chi connectivity index (χ1v) is 12.6. The van der Waals surface area contributed by atoms with Gasteiger partial charge < -0.3 is 5.32 Å². The summed E-state index contributed by atoms with van der Waals surface area (Å²) in [6.07, 6.45) is 6.46. The Balaban J connectivity index is 1.63. The lowest BCUT2D eigenvalue weighted by molar-refractivity contribution is -0.115. The Morgan fingerprint density at radius 1 is 1.20 bits per heavy atom. The molecule has 1 aliphatic rings. The monoisotopic (exact) mass is 467 g/mol. The molecule has 9 heteroatoms. The van der Waals surface area contributed by atoms with Crippen molar-refractivity contribution in [1.82, 2.24) is 9.29 Å². The SMILES string of the molecule is CC(Sc1ccc(S(=O)(=O)N(C)C2CCCCC2)cn1)C(=O)Nc1ccccc1Cl. The third-order valence-corrected chi connectivity index (χ3v) is 8.55. The maximum absolute atomic E-state index is 12.9. The van der Waals surface area contributed by atoms with E-state index in [0.29, 0.717) is 15.7 Å². The summed E-state index contributed by atoms with van der Waals surface area (Å²) in [6, 6.07) is 10.3. The van der Waals surface area contributed by atoms with Crippen LogP contribution in [0.1, 0.15) is 39.0 Å². The number of aromatic nitrogens is 1. The first-order chi connectivity index (χ1) is 14.3. The molecule has 1 heterocycles. The van der Waals surface area contributed by atoms with Gasteiger partial charge in [0.25, 0.3) is 0 Å². The number of carbonyl (C=O) groups excluding carboxylic acids is 1. The number of benzene rings is 1. The van der Waals surface area contributed by atoms with Crippen LogP contribution < -0.4 is 5.32 Å². The number of carbonyl (C=O) groups is 1. The van der Waals surface area contributed by atoms with Gasteiger partial charge in [0, 0.05) is 19.3 Å². The number of amides is 1. The number of thioether (sulfide) groups is 1. The molecule has 1 aromatic heterocycles. The van der Waals surface area contributed by atoms with Crippen LogP contribution in [0.5, 0.6) is 0 Å². The van der Waals surface area contributed by atoms with E-state index in [1.54, 1.807) is 50.4 Å². The third kappa shape index (κ3) is 5.55. The molecule has 1 saturated carbocycles. The number of nitrogens with zero attached hydrogens (tertiary/aromatic N) is 2. The number of rotatable bonds is 7. The minimum Gasteiger partial charge on any atom is -0.324 e. The molecule has 0 radical (unpaired) electrons. The van der Waals surface area contributed by atoms with Gasteiger partial charge in [-0.2, -0.15) is 4.31 Å². The molecule has 3 rings (SSSR count). The number of pyridine rings is 1. The number of halogens is 1. The molecular formula is C21H26ClN3O3S2. The zero-order valence-electron chi connectivity index (χ0n) is 17.0. The minimum absolute atomic E-state index is 0.0475. The van der Waals surface area contributed by atoms with Gasteiger partial charge in [0.15, 0.2) is 0 Å². The first kappa shape index (κ1) is 23.1. The van der Waals surface area contributed by atoms with Crippen LogP contribution in [0.25, 0.3) is 0 Å². The summed E-state index contributed by atoms with van der Waals surface area (Å²) in [5.41, 5.74) is 0.553. The van der Waals surface area contributed by atoms with E-state index in [4.69, 9.17) is 11.6 Å². The Morgan fingerprint density at radius 3 is 2.53 bits per heavy atom. The number of hydrogen-bond donors (Lipinski definition) is 1. The van der Waals surface area contributed by atoms with Gasteiger partial charge in [-0.05, 0) is 44.0 Å². The van der Waals surface area contributed by atoms with Crippen molar-refractivity contribution in [2.45, 2.75) is 60.2 Å². The lowest BCUT2D eigenvalue weighted by Crippen LogP contribution is -2.38. The maximum Gasteiger partial charge on any atom is 0.244 e. The molecule has 1 atom stereocenters. The van der Waals surface area contributed by atoms with Gasteiger partial charge >= 0.3 is 0 Å². The number of anilines is 1. The van der Waals surface area contributed by atoms with Gasteiger partial charge in [0.05, 0.1) is 21.0 Å². The number of nitrogens with one attached hydrogen (secondary N) is 1. The van der Waals surface area contributed by atoms with E-state index in [0.717, 1.165) is 25.7 Å². The van der Waals surface area contributed by atoms with Crippen molar-refractivity contribution in [3.05, 3.63) is 47.6 Å². The Hall–Kier alpha value is -1.61. The average Bonchev–Trinajstić information content (AvgIpc) is 2.75. The molecule has 1 aliphatic carbocycles. The van der Waals surface area contributed by atoms with Crippen molar-refractivity contribution in [2.24, 2.45) is 0 Å². The van der Waals surface area contributed by atoms with Gasteiger partial charge in [-0.15, -0.1) is 0 Å². The van der Waals surface area contributed by atoms with Crippen molar-refractivity contribution in [1.29, 1.82) is 0 Å². The summed E-state index contributed by atoms with van der Waals surface area (Å²) in [7, 11) is -1.93. The molecule has 1 fully saturated rings. The smallest absolute Gasteiger partial charge is 0.244 e. The highest BCUT2D eigenvalue weighted by molar-refractivity contribution is 8.00. The van der Waals surface area contributed by atoms with Gasteiger partial charge in [0.1, 0.15) is 4.90 Å². The van der Waals surface area contributed by atoms with Crippen LogP contribution in [0.15, 0.2) is 52.5 Å². The van der Waals surface area contributed by atoms with Crippen LogP contribution >= 0.6 is 23.4 Å². The fourth-order valence-electron chi connectivity index (χ4n) is 3.43. The Kier molecular flexibility index (Phi) is 7.79. The van der Waals surface area contributed by atoms with E-state index >= 15 is 0 Å². The molecule has 2 aromatic rings. The normalized spacial score (nSPS) is 16.4.